The quantitative estimate of drug-likeness (QED) is 0.824. The van der Waals surface area contributed by atoms with Crippen LogP contribution in [0.25, 0.3) is 0 Å². The normalized spacial score (nSPS) is 11.7. The van der Waals surface area contributed by atoms with Crippen LogP contribution in [0.3, 0.4) is 0 Å². The van der Waals surface area contributed by atoms with Crippen molar-refractivity contribution in [2.24, 2.45) is 0 Å². The van der Waals surface area contributed by atoms with Crippen LogP contribution in [-0.4, -0.2) is 48.4 Å². The first-order valence-corrected chi connectivity index (χ1v) is 6.22. The van der Waals surface area contributed by atoms with E-state index in [0.717, 1.165) is 10.5 Å². The molecule has 0 heterocycles. The molecular formula is C14H19NO5. The van der Waals surface area contributed by atoms with Crippen LogP contribution in [-0.2, 0) is 20.9 Å². The summed E-state index contributed by atoms with van der Waals surface area (Å²) in [5.74, 6) is -1.09. The van der Waals surface area contributed by atoms with Gasteiger partial charge in [0.2, 0.25) is 0 Å². The van der Waals surface area contributed by atoms with E-state index in [1.807, 2.05) is 30.3 Å². The van der Waals surface area contributed by atoms with E-state index in [1.165, 1.54) is 7.11 Å². The predicted molar refractivity (Wildman–Crippen MR) is 72.3 cm³/mol. The number of carboxylic acid groups (broad SMARTS) is 1. The first-order chi connectivity index (χ1) is 9.54. The third-order valence-corrected chi connectivity index (χ3v) is 2.69. The highest BCUT2D eigenvalue weighted by atomic mass is 16.6. The standard InChI is InChI=1S/C14H19NO5/c1-11(9-19-2)15(8-13(16)17)14(18)20-10-12-6-4-3-5-7-12/h3-7,11H,8-10H2,1-2H3,(H,16,17). The summed E-state index contributed by atoms with van der Waals surface area (Å²) in [6, 6.07) is 8.82. The maximum Gasteiger partial charge on any atom is 0.410 e. The molecule has 1 rings (SSSR count). The molecule has 1 atom stereocenters. The Labute approximate surface area is 117 Å². The number of hydrogen-bond donors (Lipinski definition) is 1. The van der Waals surface area contributed by atoms with Gasteiger partial charge in [-0.05, 0) is 12.5 Å². The van der Waals surface area contributed by atoms with Gasteiger partial charge in [0.1, 0.15) is 13.2 Å². The van der Waals surface area contributed by atoms with Crippen molar-refractivity contribution >= 4 is 12.1 Å². The van der Waals surface area contributed by atoms with E-state index >= 15 is 0 Å². The number of nitrogens with zero attached hydrogens (tertiary/aromatic N) is 1. The topological polar surface area (TPSA) is 76.1 Å². The van der Waals surface area contributed by atoms with E-state index in [-0.39, 0.29) is 19.3 Å². The van der Waals surface area contributed by atoms with Gasteiger partial charge in [0, 0.05) is 7.11 Å². The number of hydrogen-bond acceptors (Lipinski definition) is 4. The van der Waals surface area contributed by atoms with E-state index < -0.39 is 18.6 Å². The molecule has 0 saturated heterocycles. The maximum absolute atomic E-state index is 12.0. The fourth-order valence-corrected chi connectivity index (χ4v) is 1.68. The van der Waals surface area contributed by atoms with Crippen LogP contribution in [0.4, 0.5) is 4.79 Å². The molecule has 0 spiro atoms. The van der Waals surface area contributed by atoms with Gasteiger partial charge < -0.3 is 14.6 Å². The van der Waals surface area contributed by atoms with Crippen molar-refractivity contribution in [2.75, 3.05) is 20.3 Å². The molecule has 1 N–H and O–H groups in total. The molecule has 6 nitrogen and oxygen atoms in total. The van der Waals surface area contributed by atoms with Gasteiger partial charge in [-0.15, -0.1) is 0 Å². The van der Waals surface area contributed by atoms with E-state index in [9.17, 15) is 9.59 Å². The number of ether oxygens (including phenoxy) is 2. The van der Waals surface area contributed by atoms with E-state index in [2.05, 4.69) is 0 Å². The maximum atomic E-state index is 12.0. The van der Waals surface area contributed by atoms with Crippen molar-refractivity contribution < 1.29 is 24.2 Å². The summed E-state index contributed by atoms with van der Waals surface area (Å²) in [6.45, 7) is 1.64. The molecule has 20 heavy (non-hydrogen) atoms. The van der Waals surface area contributed by atoms with Crippen LogP contribution >= 0.6 is 0 Å². The predicted octanol–water partition coefficient (Wildman–Crippen LogP) is 1.74. The molecule has 0 fully saturated rings. The van der Waals surface area contributed by atoms with Crippen molar-refractivity contribution in [3.05, 3.63) is 35.9 Å². The summed E-state index contributed by atoms with van der Waals surface area (Å²) < 4.78 is 10.1. The zero-order valence-electron chi connectivity index (χ0n) is 11.6. The summed E-state index contributed by atoms with van der Waals surface area (Å²) in [5.41, 5.74) is 0.843. The third kappa shape index (κ3) is 5.27. The summed E-state index contributed by atoms with van der Waals surface area (Å²) in [5, 5.41) is 8.84. The fraction of sp³-hybridized carbons (Fsp3) is 0.429. The number of methoxy groups -OCH3 is 1. The van der Waals surface area contributed by atoms with Gasteiger partial charge in [0.25, 0.3) is 0 Å². The first kappa shape index (κ1) is 16.0. The van der Waals surface area contributed by atoms with Gasteiger partial charge in [0.15, 0.2) is 0 Å². The zero-order chi connectivity index (χ0) is 15.0. The second-order valence-corrected chi connectivity index (χ2v) is 4.37. The Hall–Kier alpha value is -2.08. The van der Waals surface area contributed by atoms with E-state index in [0.29, 0.717) is 0 Å². The van der Waals surface area contributed by atoms with Crippen molar-refractivity contribution in [1.82, 2.24) is 4.90 Å². The largest absolute Gasteiger partial charge is 0.480 e. The van der Waals surface area contributed by atoms with Crippen molar-refractivity contribution in [1.29, 1.82) is 0 Å². The van der Waals surface area contributed by atoms with Gasteiger partial charge in [-0.3, -0.25) is 9.69 Å². The number of rotatable bonds is 7. The van der Waals surface area contributed by atoms with Crippen LogP contribution in [0, 0.1) is 0 Å². The average Bonchev–Trinajstić information content (AvgIpc) is 2.43. The Morgan fingerprint density at radius 2 is 1.95 bits per heavy atom. The number of carbonyl (C=O) groups excluding carboxylic acids is 1. The molecule has 0 aliphatic heterocycles. The molecule has 1 aromatic carbocycles. The molecule has 0 aliphatic rings. The summed E-state index contributed by atoms with van der Waals surface area (Å²) in [4.78, 5) is 23.9. The van der Waals surface area contributed by atoms with Crippen LogP contribution in [0.1, 0.15) is 12.5 Å². The minimum Gasteiger partial charge on any atom is -0.480 e. The van der Waals surface area contributed by atoms with Crippen molar-refractivity contribution in [3.63, 3.8) is 0 Å². The Morgan fingerprint density at radius 3 is 2.50 bits per heavy atom. The number of carboxylic acids is 1. The van der Waals surface area contributed by atoms with Gasteiger partial charge in [-0.2, -0.15) is 0 Å². The average molecular weight is 281 g/mol. The minimum absolute atomic E-state index is 0.107. The summed E-state index contributed by atoms with van der Waals surface area (Å²) in [6.07, 6.45) is -0.666. The fourth-order valence-electron chi connectivity index (χ4n) is 1.68. The highest BCUT2D eigenvalue weighted by Crippen LogP contribution is 2.07. The third-order valence-electron chi connectivity index (χ3n) is 2.69. The Kier molecular flexibility index (Phi) is 6.52. The number of amides is 1. The van der Waals surface area contributed by atoms with Crippen molar-refractivity contribution in [2.45, 2.75) is 19.6 Å². The van der Waals surface area contributed by atoms with Gasteiger partial charge in [-0.1, -0.05) is 30.3 Å². The molecule has 0 radical (unpaired) electrons. The summed E-state index contributed by atoms with van der Waals surface area (Å²) in [7, 11) is 1.49. The minimum atomic E-state index is -1.09. The molecule has 6 heteroatoms. The molecule has 0 bridgehead atoms. The second-order valence-electron chi connectivity index (χ2n) is 4.37. The molecule has 0 aromatic heterocycles. The molecule has 1 amide bonds. The van der Waals surface area contributed by atoms with Crippen LogP contribution in [0.5, 0.6) is 0 Å². The molecule has 0 saturated carbocycles. The Balaban J connectivity index is 2.60. The smallest absolute Gasteiger partial charge is 0.410 e. The van der Waals surface area contributed by atoms with Crippen LogP contribution < -0.4 is 0 Å². The zero-order valence-corrected chi connectivity index (χ0v) is 11.6. The second kappa shape index (κ2) is 8.16. The number of aliphatic carboxylic acids is 1. The first-order valence-electron chi connectivity index (χ1n) is 6.22. The highest BCUT2D eigenvalue weighted by Gasteiger charge is 2.24. The number of benzene rings is 1. The summed E-state index contributed by atoms with van der Waals surface area (Å²) >= 11 is 0. The number of carbonyl (C=O) groups is 2. The molecular weight excluding hydrogens is 262 g/mol. The Bertz CT molecular complexity index is 434. The molecule has 0 aliphatic carbocycles. The lowest BCUT2D eigenvalue weighted by Crippen LogP contribution is -2.44. The Morgan fingerprint density at radius 1 is 1.30 bits per heavy atom. The molecule has 1 aromatic rings. The lowest BCUT2D eigenvalue weighted by molar-refractivity contribution is -0.138. The lowest BCUT2D eigenvalue weighted by atomic mass is 10.2. The van der Waals surface area contributed by atoms with Crippen LogP contribution in [0.2, 0.25) is 0 Å². The molecule has 110 valence electrons. The highest BCUT2D eigenvalue weighted by molar-refractivity contribution is 5.77. The van der Waals surface area contributed by atoms with Crippen molar-refractivity contribution in [3.8, 4) is 0 Å². The van der Waals surface area contributed by atoms with Gasteiger partial charge in [0.05, 0.1) is 12.6 Å². The van der Waals surface area contributed by atoms with Crippen LogP contribution in [0.15, 0.2) is 30.3 Å². The van der Waals surface area contributed by atoms with Gasteiger partial charge >= 0.3 is 12.1 Å². The van der Waals surface area contributed by atoms with E-state index in [4.69, 9.17) is 14.6 Å². The lowest BCUT2D eigenvalue weighted by Gasteiger charge is -2.26. The van der Waals surface area contributed by atoms with Gasteiger partial charge in [-0.25, -0.2) is 4.79 Å². The molecule has 1 unspecified atom stereocenters. The monoisotopic (exact) mass is 281 g/mol. The van der Waals surface area contributed by atoms with E-state index in [1.54, 1.807) is 6.92 Å². The SMILES string of the molecule is COCC(C)N(CC(=O)O)C(=O)OCc1ccccc1.